The molecule has 2 N–H and O–H groups in total. The molecule has 2 aromatic rings. The van der Waals surface area contributed by atoms with E-state index in [9.17, 15) is 9.59 Å². The predicted molar refractivity (Wildman–Crippen MR) is 99.2 cm³/mol. The number of para-hydroxylation sites is 1. The van der Waals surface area contributed by atoms with Gasteiger partial charge in [0.15, 0.2) is 0 Å². The number of anilines is 1. The maximum absolute atomic E-state index is 11.8. The zero-order chi connectivity index (χ0) is 17.4. The van der Waals surface area contributed by atoms with Crippen molar-refractivity contribution in [2.24, 2.45) is 5.10 Å². The molecule has 0 saturated carbocycles. The molecule has 0 unspecified atom stereocenters. The molecule has 0 aliphatic heterocycles. The smallest absolute Gasteiger partial charge is 0.240 e. The van der Waals surface area contributed by atoms with E-state index in [2.05, 4.69) is 31.8 Å². The summed E-state index contributed by atoms with van der Waals surface area (Å²) in [5, 5.41) is 7.16. The highest BCUT2D eigenvalue weighted by Crippen LogP contribution is 2.21. The number of halogens is 2. The first-order valence-corrected chi connectivity index (χ1v) is 8.33. The van der Waals surface area contributed by atoms with Crippen LogP contribution in [0.5, 0.6) is 0 Å². The minimum atomic E-state index is -0.337. The van der Waals surface area contributed by atoms with Gasteiger partial charge in [-0.05, 0) is 45.8 Å². The first-order chi connectivity index (χ1) is 11.5. The maximum Gasteiger partial charge on any atom is 0.240 e. The van der Waals surface area contributed by atoms with Crippen LogP contribution in [0.25, 0.3) is 0 Å². The second-order valence-electron chi connectivity index (χ2n) is 4.88. The number of nitrogens with zero attached hydrogens (tertiary/aromatic N) is 1. The zero-order valence-corrected chi connectivity index (χ0v) is 15.0. The second kappa shape index (κ2) is 9.20. The van der Waals surface area contributed by atoms with E-state index >= 15 is 0 Å². The topological polar surface area (TPSA) is 70.6 Å². The first-order valence-electron chi connectivity index (χ1n) is 7.16. The Morgan fingerprint density at radius 1 is 1.08 bits per heavy atom. The summed E-state index contributed by atoms with van der Waals surface area (Å²) in [6.07, 6.45) is 1.61. The van der Waals surface area contributed by atoms with Gasteiger partial charge in [-0.2, -0.15) is 5.10 Å². The number of rotatable bonds is 6. The molecule has 2 rings (SSSR count). The van der Waals surface area contributed by atoms with E-state index in [4.69, 9.17) is 11.6 Å². The highest BCUT2D eigenvalue weighted by atomic mass is 79.9. The molecule has 0 aliphatic carbocycles. The molecule has 0 bridgehead atoms. The van der Waals surface area contributed by atoms with Crippen LogP contribution < -0.4 is 10.7 Å². The molecule has 24 heavy (non-hydrogen) atoms. The summed E-state index contributed by atoms with van der Waals surface area (Å²) in [7, 11) is 0. The fourth-order valence-electron chi connectivity index (χ4n) is 1.82. The van der Waals surface area contributed by atoms with E-state index in [-0.39, 0.29) is 24.7 Å². The maximum atomic E-state index is 11.8. The molecule has 2 aromatic carbocycles. The summed E-state index contributed by atoms with van der Waals surface area (Å²) >= 11 is 9.20. The Kier molecular flexibility index (Phi) is 6.96. The number of carbonyl (C=O) groups is 2. The summed E-state index contributed by atoms with van der Waals surface area (Å²) < 4.78 is 0.786. The van der Waals surface area contributed by atoms with Crippen molar-refractivity contribution in [2.75, 3.05) is 5.32 Å². The Balaban J connectivity index is 1.75. The summed E-state index contributed by atoms with van der Waals surface area (Å²) in [5.41, 5.74) is 3.82. The van der Waals surface area contributed by atoms with Crippen LogP contribution in [0, 0.1) is 0 Å². The van der Waals surface area contributed by atoms with Crippen molar-refractivity contribution >= 4 is 51.2 Å². The molecule has 0 saturated heterocycles. The number of amides is 2. The van der Waals surface area contributed by atoms with Crippen molar-refractivity contribution in [1.82, 2.24) is 5.43 Å². The van der Waals surface area contributed by atoms with Crippen molar-refractivity contribution in [2.45, 2.75) is 12.8 Å². The van der Waals surface area contributed by atoms with Crippen molar-refractivity contribution in [3.63, 3.8) is 0 Å². The van der Waals surface area contributed by atoms with Gasteiger partial charge in [-0.15, -0.1) is 0 Å². The highest BCUT2D eigenvalue weighted by molar-refractivity contribution is 9.10. The predicted octanol–water partition coefficient (Wildman–Crippen LogP) is 3.97. The van der Waals surface area contributed by atoms with Crippen molar-refractivity contribution in [3.05, 3.63) is 63.6 Å². The van der Waals surface area contributed by atoms with Crippen LogP contribution in [0.15, 0.2) is 58.1 Å². The highest BCUT2D eigenvalue weighted by Gasteiger charge is 2.08. The Morgan fingerprint density at radius 2 is 1.83 bits per heavy atom. The lowest BCUT2D eigenvalue weighted by atomic mass is 10.2. The van der Waals surface area contributed by atoms with Crippen LogP contribution in [0.4, 0.5) is 5.69 Å². The molecule has 0 radical (unpaired) electrons. The fraction of sp³-hybridized carbons (Fsp3) is 0.118. The largest absolute Gasteiger partial charge is 0.325 e. The monoisotopic (exact) mass is 407 g/mol. The Hall–Kier alpha value is -2.18. The van der Waals surface area contributed by atoms with Gasteiger partial charge in [0.05, 0.1) is 11.9 Å². The van der Waals surface area contributed by atoms with Gasteiger partial charge < -0.3 is 5.32 Å². The van der Waals surface area contributed by atoms with E-state index in [0.29, 0.717) is 10.7 Å². The minimum absolute atomic E-state index is 0.0448. The van der Waals surface area contributed by atoms with Gasteiger partial charge in [-0.25, -0.2) is 5.43 Å². The number of benzene rings is 2. The van der Waals surface area contributed by atoms with Crippen molar-refractivity contribution in [3.8, 4) is 0 Å². The summed E-state index contributed by atoms with van der Waals surface area (Å²) in [4.78, 5) is 23.5. The molecule has 2 amide bonds. The van der Waals surface area contributed by atoms with Crippen LogP contribution >= 0.6 is 27.5 Å². The molecule has 5 nitrogen and oxygen atoms in total. The van der Waals surface area contributed by atoms with Crippen LogP contribution in [0.1, 0.15) is 18.4 Å². The van der Waals surface area contributed by atoms with Crippen LogP contribution in [-0.2, 0) is 9.59 Å². The van der Waals surface area contributed by atoms with E-state index in [0.717, 1.165) is 10.0 Å². The molecule has 0 aliphatic rings. The third-order valence-corrected chi connectivity index (χ3v) is 3.91. The lowest BCUT2D eigenvalue weighted by Gasteiger charge is -2.06. The SMILES string of the molecule is O=C(CCC(=O)Nc1ccccc1Br)NN=Cc1cccc(Cl)c1. The molecule has 0 spiro atoms. The third-order valence-electron chi connectivity index (χ3n) is 2.98. The first kappa shape index (κ1) is 18.2. The molecular formula is C17H15BrClN3O2. The Labute approximate surface area is 153 Å². The van der Waals surface area contributed by atoms with E-state index in [1.165, 1.54) is 6.21 Å². The number of carbonyl (C=O) groups excluding carboxylic acids is 2. The fourth-order valence-corrected chi connectivity index (χ4v) is 2.41. The molecule has 0 atom stereocenters. The number of nitrogens with one attached hydrogen (secondary N) is 2. The molecule has 0 aromatic heterocycles. The van der Waals surface area contributed by atoms with Gasteiger partial charge in [0.25, 0.3) is 0 Å². The summed E-state index contributed by atoms with van der Waals surface area (Å²) in [5.74, 6) is -0.577. The average Bonchev–Trinajstić information content (AvgIpc) is 2.55. The van der Waals surface area contributed by atoms with E-state index in [1.54, 1.807) is 24.3 Å². The number of hydrogen-bond donors (Lipinski definition) is 2. The van der Waals surface area contributed by atoms with E-state index < -0.39 is 0 Å². The second-order valence-corrected chi connectivity index (χ2v) is 6.17. The lowest BCUT2D eigenvalue weighted by Crippen LogP contribution is -2.20. The standard InChI is InChI=1S/C17H15BrClN3O2/c18-14-6-1-2-7-15(14)21-16(23)8-9-17(24)22-20-11-12-4-3-5-13(19)10-12/h1-7,10-11H,8-9H2,(H,21,23)(H,22,24). The molecule has 0 heterocycles. The molecule has 7 heteroatoms. The summed E-state index contributed by atoms with van der Waals surface area (Å²) in [6, 6.07) is 14.3. The molecule has 124 valence electrons. The molecular weight excluding hydrogens is 394 g/mol. The van der Waals surface area contributed by atoms with Gasteiger partial charge >= 0.3 is 0 Å². The normalized spacial score (nSPS) is 10.6. The molecule has 0 fully saturated rings. The van der Waals surface area contributed by atoms with Crippen LogP contribution in [0.2, 0.25) is 5.02 Å². The Bertz CT molecular complexity index is 765. The quantitative estimate of drug-likeness (QED) is 0.561. The number of hydrogen-bond acceptors (Lipinski definition) is 3. The summed E-state index contributed by atoms with van der Waals surface area (Å²) in [6.45, 7) is 0. The van der Waals surface area contributed by atoms with Crippen molar-refractivity contribution in [1.29, 1.82) is 0 Å². The zero-order valence-electron chi connectivity index (χ0n) is 12.6. The van der Waals surface area contributed by atoms with Crippen LogP contribution in [0.3, 0.4) is 0 Å². The van der Waals surface area contributed by atoms with Gasteiger partial charge in [-0.1, -0.05) is 35.9 Å². The third kappa shape index (κ3) is 6.14. The number of hydrazone groups is 1. The average molecular weight is 409 g/mol. The van der Waals surface area contributed by atoms with Crippen LogP contribution in [-0.4, -0.2) is 18.0 Å². The minimum Gasteiger partial charge on any atom is -0.325 e. The van der Waals surface area contributed by atoms with Gasteiger partial charge in [-0.3, -0.25) is 9.59 Å². The van der Waals surface area contributed by atoms with Gasteiger partial charge in [0, 0.05) is 22.3 Å². The van der Waals surface area contributed by atoms with E-state index in [1.807, 2.05) is 24.3 Å². The Morgan fingerprint density at radius 3 is 2.58 bits per heavy atom. The van der Waals surface area contributed by atoms with Crippen molar-refractivity contribution < 1.29 is 9.59 Å². The lowest BCUT2D eigenvalue weighted by molar-refractivity contribution is -0.124. The van der Waals surface area contributed by atoms with Gasteiger partial charge in [0.1, 0.15) is 0 Å². The van der Waals surface area contributed by atoms with Gasteiger partial charge in [0.2, 0.25) is 11.8 Å².